The predicted octanol–water partition coefficient (Wildman–Crippen LogP) is 2.37. The normalized spacial score (nSPS) is 11.2. The second-order valence-electron chi connectivity index (χ2n) is 3.51. The number of methoxy groups -OCH3 is 1. The van der Waals surface area contributed by atoms with Crippen molar-refractivity contribution in [3.05, 3.63) is 28.8 Å². The molecule has 5 heteroatoms. The molecule has 0 saturated heterocycles. The fraction of sp³-hybridized carbons (Fsp3) is 0.300. The number of rotatable bonds is 2. The van der Waals surface area contributed by atoms with Crippen LogP contribution >= 0.6 is 18.7 Å². The van der Waals surface area contributed by atoms with E-state index in [9.17, 15) is 9.36 Å². The van der Waals surface area contributed by atoms with Crippen molar-refractivity contribution in [3.8, 4) is 0 Å². The first-order chi connectivity index (χ1) is 6.86. The van der Waals surface area contributed by atoms with Crippen LogP contribution in [0.4, 0.5) is 0 Å². The molecular formula is C10H12ClO3P. The first-order valence-electron chi connectivity index (χ1n) is 4.29. The van der Waals surface area contributed by atoms with Gasteiger partial charge in [-0.25, -0.2) is 4.79 Å². The van der Waals surface area contributed by atoms with Crippen molar-refractivity contribution >= 4 is 30.0 Å². The maximum Gasteiger partial charge on any atom is 0.337 e. The molecular weight excluding hydrogens is 235 g/mol. The molecule has 0 bridgehead atoms. The SMILES string of the molecule is COC(=O)c1ccc(Cl)c(P(C)(C)=O)c1. The van der Waals surface area contributed by atoms with Gasteiger partial charge in [-0.2, -0.15) is 0 Å². The molecule has 0 N–H and O–H groups in total. The van der Waals surface area contributed by atoms with Crippen molar-refractivity contribution in [3.63, 3.8) is 0 Å². The smallest absolute Gasteiger partial charge is 0.337 e. The quantitative estimate of drug-likeness (QED) is 0.594. The molecule has 0 spiro atoms. The van der Waals surface area contributed by atoms with Crippen molar-refractivity contribution in [2.75, 3.05) is 20.4 Å². The van der Waals surface area contributed by atoms with E-state index in [1.165, 1.54) is 13.2 Å². The van der Waals surface area contributed by atoms with Crippen molar-refractivity contribution < 1.29 is 14.1 Å². The first kappa shape index (κ1) is 12.3. The van der Waals surface area contributed by atoms with Gasteiger partial charge in [0.2, 0.25) is 0 Å². The van der Waals surface area contributed by atoms with Crippen LogP contribution in [0, 0.1) is 0 Å². The Morgan fingerprint density at radius 1 is 1.40 bits per heavy atom. The van der Waals surface area contributed by atoms with Gasteiger partial charge in [0.15, 0.2) is 0 Å². The van der Waals surface area contributed by atoms with Gasteiger partial charge in [-0.15, -0.1) is 0 Å². The third-order valence-corrected chi connectivity index (χ3v) is 3.94. The van der Waals surface area contributed by atoms with Gasteiger partial charge in [-0.1, -0.05) is 11.6 Å². The molecule has 0 aliphatic heterocycles. The fourth-order valence-corrected chi connectivity index (χ4v) is 2.94. The summed E-state index contributed by atoms with van der Waals surface area (Å²) in [6.45, 7) is 3.21. The standard InChI is InChI=1S/C10H12ClO3P/c1-14-10(12)7-4-5-8(11)9(6-7)15(2,3)13/h4-6H,1-3H3. The average molecular weight is 247 g/mol. The molecule has 82 valence electrons. The summed E-state index contributed by atoms with van der Waals surface area (Å²) in [6.07, 6.45) is 0. The van der Waals surface area contributed by atoms with Crippen LogP contribution in [0.1, 0.15) is 10.4 Å². The molecule has 1 rings (SSSR count). The molecule has 0 amide bonds. The summed E-state index contributed by atoms with van der Waals surface area (Å²) in [7, 11) is -1.17. The summed E-state index contributed by atoms with van der Waals surface area (Å²) in [5.41, 5.74) is 0.362. The molecule has 15 heavy (non-hydrogen) atoms. The van der Waals surface area contributed by atoms with E-state index in [4.69, 9.17) is 11.6 Å². The van der Waals surface area contributed by atoms with Gasteiger partial charge in [0.05, 0.1) is 17.7 Å². The summed E-state index contributed by atoms with van der Waals surface area (Å²) < 4.78 is 16.4. The lowest BCUT2D eigenvalue weighted by atomic mass is 10.2. The number of hydrogen-bond donors (Lipinski definition) is 0. The largest absolute Gasteiger partial charge is 0.465 e. The molecule has 0 heterocycles. The molecule has 1 aromatic carbocycles. The number of carbonyl (C=O) groups is 1. The van der Waals surface area contributed by atoms with Crippen molar-refractivity contribution in [1.29, 1.82) is 0 Å². The molecule has 3 nitrogen and oxygen atoms in total. The number of ether oxygens (including phenoxy) is 1. The van der Waals surface area contributed by atoms with Gasteiger partial charge in [-0.3, -0.25) is 0 Å². The summed E-state index contributed by atoms with van der Waals surface area (Å²) in [5.74, 6) is -0.457. The Kier molecular flexibility index (Phi) is 3.58. The van der Waals surface area contributed by atoms with E-state index in [1.54, 1.807) is 25.5 Å². The van der Waals surface area contributed by atoms with Crippen LogP contribution in [0.3, 0.4) is 0 Å². The van der Waals surface area contributed by atoms with Crippen molar-refractivity contribution in [2.24, 2.45) is 0 Å². The van der Waals surface area contributed by atoms with Crippen LogP contribution in [0.15, 0.2) is 18.2 Å². The molecule has 0 saturated carbocycles. The fourth-order valence-electron chi connectivity index (χ4n) is 1.17. The van der Waals surface area contributed by atoms with E-state index in [0.717, 1.165) is 0 Å². The molecule has 0 aromatic heterocycles. The van der Waals surface area contributed by atoms with E-state index in [0.29, 0.717) is 15.9 Å². The minimum atomic E-state index is -2.47. The van der Waals surface area contributed by atoms with Gasteiger partial charge < -0.3 is 9.30 Å². The van der Waals surface area contributed by atoms with E-state index in [2.05, 4.69) is 4.74 Å². The lowest BCUT2D eigenvalue weighted by Gasteiger charge is -2.10. The lowest BCUT2D eigenvalue weighted by molar-refractivity contribution is 0.0601. The number of hydrogen-bond acceptors (Lipinski definition) is 3. The summed E-state index contributed by atoms with van der Waals surface area (Å²) >= 11 is 5.90. The highest BCUT2D eigenvalue weighted by Gasteiger charge is 2.17. The Morgan fingerprint density at radius 2 is 2.00 bits per heavy atom. The Bertz CT molecular complexity index is 436. The monoisotopic (exact) mass is 246 g/mol. The third-order valence-electron chi connectivity index (χ3n) is 1.95. The van der Waals surface area contributed by atoms with Crippen molar-refractivity contribution in [1.82, 2.24) is 0 Å². The highest BCUT2D eigenvalue weighted by atomic mass is 35.5. The van der Waals surface area contributed by atoms with Crippen LogP contribution in [-0.2, 0) is 9.30 Å². The second-order valence-corrected chi connectivity index (χ2v) is 7.10. The molecule has 0 aliphatic carbocycles. The minimum absolute atomic E-state index is 0.362. The maximum absolute atomic E-state index is 11.9. The van der Waals surface area contributed by atoms with Crippen LogP contribution < -0.4 is 5.30 Å². The topological polar surface area (TPSA) is 43.4 Å². The van der Waals surface area contributed by atoms with E-state index < -0.39 is 13.1 Å². The minimum Gasteiger partial charge on any atom is -0.465 e. The van der Waals surface area contributed by atoms with Gasteiger partial charge in [-0.05, 0) is 31.5 Å². The average Bonchev–Trinajstić information content (AvgIpc) is 2.15. The Morgan fingerprint density at radius 3 is 2.47 bits per heavy atom. The van der Waals surface area contributed by atoms with Gasteiger partial charge in [0.1, 0.15) is 7.14 Å². The Balaban J connectivity index is 3.29. The number of benzene rings is 1. The summed E-state index contributed by atoms with van der Waals surface area (Å²) in [5, 5.41) is 0.919. The van der Waals surface area contributed by atoms with E-state index in [1.807, 2.05) is 0 Å². The van der Waals surface area contributed by atoms with Crippen molar-refractivity contribution in [2.45, 2.75) is 0 Å². The van der Waals surface area contributed by atoms with Gasteiger partial charge >= 0.3 is 5.97 Å². The van der Waals surface area contributed by atoms with Gasteiger partial charge in [0, 0.05) is 5.30 Å². The highest BCUT2D eigenvalue weighted by molar-refractivity contribution is 7.70. The number of carbonyl (C=O) groups excluding carboxylic acids is 1. The van der Waals surface area contributed by atoms with Crippen LogP contribution in [0.2, 0.25) is 5.02 Å². The van der Waals surface area contributed by atoms with E-state index >= 15 is 0 Å². The molecule has 0 radical (unpaired) electrons. The van der Waals surface area contributed by atoms with Crippen LogP contribution in [0.25, 0.3) is 0 Å². The molecule has 1 aromatic rings. The summed E-state index contributed by atoms with van der Waals surface area (Å²) in [4.78, 5) is 11.2. The molecule has 0 atom stereocenters. The number of halogens is 1. The highest BCUT2D eigenvalue weighted by Crippen LogP contribution is 2.37. The van der Waals surface area contributed by atoms with Crippen LogP contribution in [-0.4, -0.2) is 26.4 Å². The lowest BCUT2D eigenvalue weighted by Crippen LogP contribution is -2.10. The zero-order valence-electron chi connectivity index (χ0n) is 8.78. The third kappa shape index (κ3) is 2.83. The van der Waals surface area contributed by atoms with Gasteiger partial charge in [0.25, 0.3) is 0 Å². The predicted molar refractivity (Wildman–Crippen MR) is 61.9 cm³/mol. The Labute approximate surface area is 93.8 Å². The zero-order chi connectivity index (χ0) is 11.6. The second kappa shape index (κ2) is 4.38. The van der Waals surface area contributed by atoms with E-state index in [-0.39, 0.29) is 0 Å². The molecule has 0 aliphatic rings. The first-order valence-corrected chi connectivity index (χ1v) is 7.27. The summed E-state index contributed by atoms with van der Waals surface area (Å²) in [6, 6.07) is 4.63. The number of esters is 1. The molecule has 0 fully saturated rings. The Hall–Kier alpha value is -0.790. The maximum atomic E-state index is 11.9. The molecule has 0 unspecified atom stereocenters. The zero-order valence-corrected chi connectivity index (χ0v) is 10.4. The van der Waals surface area contributed by atoms with Crippen LogP contribution in [0.5, 0.6) is 0 Å².